The van der Waals surface area contributed by atoms with Crippen molar-refractivity contribution < 1.29 is 14.6 Å². The lowest BCUT2D eigenvalue weighted by Gasteiger charge is -2.33. The van der Waals surface area contributed by atoms with Crippen LogP contribution in [0.2, 0.25) is 0 Å². The van der Waals surface area contributed by atoms with E-state index < -0.39 is 0 Å². The number of piperidine rings is 1. The number of carbonyl (C=O) groups excluding carboxylic acids is 1. The van der Waals surface area contributed by atoms with Crippen LogP contribution in [0.4, 0.5) is 5.69 Å². The van der Waals surface area contributed by atoms with Crippen LogP contribution in [0.25, 0.3) is 0 Å². The van der Waals surface area contributed by atoms with Gasteiger partial charge < -0.3 is 20.1 Å². The molecule has 0 radical (unpaired) electrons. The summed E-state index contributed by atoms with van der Waals surface area (Å²) in [5.74, 6) is 0.565. The van der Waals surface area contributed by atoms with Crippen molar-refractivity contribution in [2.45, 2.75) is 32.2 Å². The molecule has 132 valence electrons. The molecule has 24 heavy (non-hydrogen) atoms. The first-order valence-electron chi connectivity index (χ1n) is 9.06. The Balaban J connectivity index is 1.47. The average Bonchev–Trinajstić information content (AvgIpc) is 2.67. The lowest BCUT2D eigenvalue weighted by Crippen LogP contribution is -2.35. The van der Waals surface area contributed by atoms with Gasteiger partial charge in [0.05, 0.1) is 12.5 Å². The fourth-order valence-corrected chi connectivity index (χ4v) is 3.48. The van der Waals surface area contributed by atoms with Gasteiger partial charge in [-0.25, -0.2) is 0 Å². The molecule has 1 aromatic carbocycles. The van der Waals surface area contributed by atoms with Crippen molar-refractivity contribution in [3.63, 3.8) is 0 Å². The molecular formula is C19H28N2O3. The van der Waals surface area contributed by atoms with Crippen molar-refractivity contribution in [1.82, 2.24) is 5.32 Å². The molecule has 0 bridgehead atoms. The Morgan fingerprint density at radius 2 is 1.96 bits per heavy atom. The van der Waals surface area contributed by atoms with Gasteiger partial charge in [0.1, 0.15) is 0 Å². The van der Waals surface area contributed by atoms with Crippen molar-refractivity contribution in [1.29, 1.82) is 0 Å². The smallest absolute Gasteiger partial charge is 0.225 e. The summed E-state index contributed by atoms with van der Waals surface area (Å²) in [6.07, 6.45) is 4.00. The van der Waals surface area contributed by atoms with Crippen molar-refractivity contribution in [3.05, 3.63) is 29.8 Å². The molecule has 0 aliphatic carbocycles. The van der Waals surface area contributed by atoms with Crippen molar-refractivity contribution in [2.75, 3.05) is 37.8 Å². The van der Waals surface area contributed by atoms with Gasteiger partial charge in [-0.1, -0.05) is 12.1 Å². The third kappa shape index (κ3) is 4.48. The number of hydrogen-bond acceptors (Lipinski definition) is 4. The quantitative estimate of drug-likeness (QED) is 0.865. The Bertz CT molecular complexity index is 518. The number of hydrogen-bond donors (Lipinski definition) is 2. The molecule has 0 spiro atoms. The molecule has 0 saturated carbocycles. The molecule has 3 rings (SSSR count). The molecule has 2 heterocycles. The van der Waals surface area contributed by atoms with E-state index in [1.54, 1.807) is 0 Å². The van der Waals surface area contributed by atoms with Crippen LogP contribution in [0.1, 0.15) is 31.2 Å². The molecule has 2 saturated heterocycles. The predicted molar refractivity (Wildman–Crippen MR) is 93.9 cm³/mol. The number of aliphatic hydroxyl groups excluding tert-OH is 1. The van der Waals surface area contributed by atoms with E-state index in [2.05, 4.69) is 34.5 Å². The molecule has 1 aromatic rings. The summed E-state index contributed by atoms with van der Waals surface area (Å²) in [4.78, 5) is 14.5. The van der Waals surface area contributed by atoms with Crippen LogP contribution in [0.15, 0.2) is 24.3 Å². The number of benzene rings is 1. The van der Waals surface area contributed by atoms with Crippen LogP contribution < -0.4 is 10.2 Å². The van der Waals surface area contributed by atoms with Crippen molar-refractivity contribution >= 4 is 11.6 Å². The standard InChI is InChI=1S/C19H28N2O3/c22-13-16-7-9-21(10-8-16)18-5-3-15(4-6-18)12-20-19(23)17-2-1-11-24-14-17/h3-6,16-17,22H,1-2,7-14H2,(H,20,23). The molecule has 1 amide bonds. The Kier molecular flexibility index (Phi) is 6.10. The first-order chi connectivity index (χ1) is 11.8. The lowest BCUT2D eigenvalue weighted by molar-refractivity contribution is -0.129. The topological polar surface area (TPSA) is 61.8 Å². The van der Waals surface area contributed by atoms with E-state index in [0.29, 0.717) is 25.7 Å². The van der Waals surface area contributed by atoms with Crippen LogP contribution in [0, 0.1) is 11.8 Å². The lowest BCUT2D eigenvalue weighted by atomic mass is 9.97. The highest BCUT2D eigenvalue weighted by molar-refractivity contribution is 5.78. The average molecular weight is 332 g/mol. The second-order valence-electron chi connectivity index (χ2n) is 6.91. The van der Waals surface area contributed by atoms with Crippen LogP contribution in [0.3, 0.4) is 0 Å². The third-order valence-electron chi connectivity index (χ3n) is 5.17. The summed E-state index contributed by atoms with van der Waals surface area (Å²) in [5, 5.41) is 12.2. The molecular weight excluding hydrogens is 304 g/mol. The molecule has 0 aromatic heterocycles. The van der Waals surface area contributed by atoms with Gasteiger partial charge in [0.15, 0.2) is 0 Å². The Labute approximate surface area is 144 Å². The summed E-state index contributed by atoms with van der Waals surface area (Å²) in [6, 6.07) is 8.44. The highest BCUT2D eigenvalue weighted by atomic mass is 16.5. The second kappa shape index (κ2) is 8.49. The predicted octanol–water partition coefficient (Wildman–Crippen LogP) is 1.94. The normalized spacial score (nSPS) is 22.4. The molecule has 2 N–H and O–H groups in total. The molecule has 2 aliphatic rings. The summed E-state index contributed by atoms with van der Waals surface area (Å²) in [6.45, 7) is 4.21. The van der Waals surface area contributed by atoms with Gasteiger partial charge >= 0.3 is 0 Å². The van der Waals surface area contributed by atoms with E-state index in [1.165, 1.54) is 5.69 Å². The number of rotatable bonds is 5. The van der Waals surface area contributed by atoms with Crippen LogP contribution in [0.5, 0.6) is 0 Å². The molecule has 1 unspecified atom stereocenters. The van der Waals surface area contributed by atoms with E-state index in [4.69, 9.17) is 4.74 Å². The van der Waals surface area contributed by atoms with Gasteiger partial charge in [-0.2, -0.15) is 0 Å². The number of aliphatic hydroxyl groups is 1. The number of anilines is 1. The number of nitrogens with one attached hydrogen (secondary N) is 1. The van der Waals surface area contributed by atoms with E-state index in [9.17, 15) is 9.90 Å². The Hall–Kier alpha value is -1.59. The van der Waals surface area contributed by atoms with Gasteiger partial charge in [0, 0.05) is 38.5 Å². The minimum atomic E-state index is 0.00541. The maximum atomic E-state index is 12.1. The first-order valence-corrected chi connectivity index (χ1v) is 9.06. The number of carbonyl (C=O) groups is 1. The summed E-state index contributed by atoms with van der Waals surface area (Å²) >= 11 is 0. The Morgan fingerprint density at radius 3 is 2.58 bits per heavy atom. The van der Waals surface area contributed by atoms with E-state index in [0.717, 1.165) is 50.9 Å². The minimum Gasteiger partial charge on any atom is -0.396 e. The third-order valence-corrected chi connectivity index (χ3v) is 5.17. The maximum Gasteiger partial charge on any atom is 0.225 e. The number of ether oxygens (including phenoxy) is 1. The molecule has 5 heteroatoms. The Morgan fingerprint density at radius 1 is 1.21 bits per heavy atom. The minimum absolute atomic E-state index is 0.00541. The van der Waals surface area contributed by atoms with Crippen molar-refractivity contribution in [3.8, 4) is 0 Å². The molecule has 2 fully saturated rings. The van der Waals surface area contributed by atoms with Gasteiger partial charge in [-0.3, -0.25) is 4.79 Å². The SMILES string of the molecule is O=C(NCc1ccc(N2CCC(CO)CC2)cc1)C1CCCOC1. The van der Waals surface area contributed by atoms with E-state index >= 15 is 0 Å². The molecule has 5 nitrogen and oxygen atoms in total. The van der Waals surface area contributed by atoms with Crippen LogP contribution in [-0.4, -0.2) is 43.9 Å². The number of nitrogens with zero attached hydrogens (tertiary/aromatic N) is 1. The van der Waals surface area contributed by atoms with Gasteiger partial charge in [0.25, 0.3) is 0 Å². The highest BCUT2D eigenvalue weighted by Crippen LogP contribution is 2.23. The fraction of sp³-hybridized carbons (Fsp3) is 0.632. The zero-order valence-corrected chi connectivity index (χ0v) is 14.2. The molecule has 2 aliphatic heterocycles. The zero-order valence-electron chi connectivity index (χ0n) is 14.2. The monoisotopic (exact) mass is 332 g/mol. The highest BCUT2D eigenvalue weighted by Gasteiger charge is 2.21. The molecule has 1 atom stereocenters. The first kappa shape index (κ1) is 17.2. The van der Waals surface area contributed by atoms with Crippen molar-refractivity contribution in [2.24, 2.45) is 11.8 Å². The summed E-state index contributed by atoms with van der Waals surface area (Å²) < 4.78 is 5.37. The van der Waals surface area contributed by atoms with Gasteiger partial charge in [0.2, 0.25) is 5.91 Å². The number of amides is 1. The zero-order chi connectivity index (χ0) is 16.8. The van der Waals surface area contributed by atoms with Gasteiger partial charge in [-0.05, 0) is 49.3 Å². The van der Waals surface area contributed by atoms with E-state index in [1.807, 2.05) is 0 Å². The summed E-state index contributed by atoms with van der Waals surface area (Å²) in [7, 11) is 0. The summed E-state index contributed by atoms with van der Waals surface area (Å²) in [5.41, 5.74) is 2.34. The largest absolute Gasteiger partial charge is 0.396 e. The maximum absolute atomic E-state index is 12.1. The van der Waals surface area contributed by atoms with Gasteiger partial charge in [-0.15, -0.1) is 0 Å². The van der Waals surface area contributed by atoms with Crippen LogP contribution in [-0.2, 0) is 16.1 Å². The second-order valence-corrected chi connectivity index (χ2v) is 6.91. The fourth-order valence-electron chi connectivity index (χ4n) is 3.48. The van der Waals surface area contributed by atoms with E-state index in [-0.39, 0.29) is 11.8 Å². The van der Waals surface area contributed by atoms with Crippen LogP contribution >= 0.6 is 0 Å².